The zero-order chi connectivity index (χ0) is 23.8. The summed E-state index contributed by atoms with van der Waals surface area (Å²) in [6, 6.07) is 9.73. The fourth-order valence-corrected chi connectivity index (χ4v) is 4.22. The molecule has 0 spiro atoms. The number of alkyl halides is 3. The third-order valence-electron chi connectivity index (χ3n) is 6.09. The van der Waals surface area contributed by atoms with Gasteiger partial charge in [0.15, 0.2) is 5.58 Å². The van der Waals surface area contributed by atoms with Crippen LogP contribution in [0.5, 0.6) is 0 Å². The van der Waals surface area contributed by atoms with Gasteiger partial charge in [-0.2, -0.15) is 13.2 Å². The van der Waals surface area contributed by atoms with Crippen molar-refractivity contribution in [2.24, 2.45) is 5.92 Å². The molecular formula is C24H24F3N3O3. The Balaban J connectivity index is 1.47. The largest absolute Gasteiger partial charge is 0.436 e. The molecule has 1 fully saturated rings. The van der Waals surface area contributed by atoms with E-state index in [1.54, 1.807) is 36.2 Å². The molecule has 1 heterocycles. The van der Waals surface area contributed by atoms with Gasteiger partial charge in [0.1, 0.15) is 5.52 Å². The van der Waals surface area contributed by atoms with Crippen LogP contribution in [0.15, 0.2) is 46.9 Å². The molecule has 2 unspecified atom stereocenters. The van der Waals surface area contributed by atoms with Crippen LogP contribution < -0.4 is 5.32 Å². The lowest BCUT2D eigenvalue weighted by molar-refractivity contribution is -0.137. The first-order chi connectivity index (χ1) is 15.7. The van der Waals surface area contributed by atoms with Gasteiger partial charge in [0, 0.05) is 36.7 Å². The molecule has 1 N–H and O–H groups in total. The van der Waals surface area contributed by atoms with E-state index in [0.29, 0.717) is 24.1 Å². The highest BCUT2D eigenvalue weighted by molar-refractivity contribution is 5.95. The van der Waals surface area contributed by atoms with Crippen LogP contribution in [-0.2, 0) is 11.0 Å². The van der Waals surface area contributed by atoms with E-state index < -0.39 is 11.7 Å². The van der Waals surface area contributed by atoms with Gasteiger partial charge in [-0.1, -0.05) is 0 Å². The first-order valence-corrected chi connectivity index (χ1v) is 10.8. The van der Waals surface area contributed by atoms with E-state index in [1.165, 1.54) is 6.07 Å². The normalized spacial score (nSPS) is 18.5. The van der Waals surface area contributed by atoms with Crippen LogP contribution in [-0.4, -0.2) is 41.3 Å². The van der Waals surface area contributed by atoms with E-state index in [9.17, 15) is 22.8 Å². The van der Waals surface area contributed by atoms with Crippen molar-refractivity contribution in [3.8, 4) is 11.5 Å². The van der Waals surface area contributed by atoms with Gasteiger partial charge < -0.3 is 14.6 Å². The quantitative estimate of drug-likeness (QED) is 0.590. The Hall–Kier alpha value is -3.36. The van der Waals surface area contributed by atoms with Gasteiger partial charge in [0.05, 0.1) is 5.56 Å². The third-order valence-corrected chi connectivity index (χ3v) is 6.09. The maximum Gasteiger partial charge on any atom is 0.416 e. The number of hydrogen-bond acceptors (Lipinski definition) is 4. The van der Waals surface area contributed by atoms with Gasteiger partial charge in [-0.15, -0.1) is 0 Å². The number of hydrogen-bond donors (Lipinski definition) is 1. The molecule has 0 radical (unpaired) electrons. The summed E-state index contributed by atoms with van der Waals surface area (Å²) in [5, 5.41) is 2.84. The summed E-state index contributed by atoms with van der Waals surface area (Å²) >= 11 is 0. The smallest absolute Gasteiger partial charge is 0.416 e. The molecule has 1 aromatic heterocycles. The molecule has 2 amide bonds. The molecular weight excluding hydrogens is 435 g/mol. The fraction of sp³-hybridized carbons (Fsp3) is 0.375. The van der Waals surface area contributed by atoms with E-state index in [4.69, 9.17) is 4.42 Å². The lowest BCUT2D eigenvalue weighted by Gasteiger charge is -2.25. The molecule has 0 bridgehead atoms. The van der Waals surface area contributed by atoms with Crippen LogP contribution in [0.2, 0.25) is 0 Å². The van der Waals surface area contributed by atoms with Gasteiger partial charge >= 0.3 is 6.18 Å². The molecule has 2 atom stereocenters. The Morgan fingerprint density at radius 1 is 1.15 bits per heavy atom. The zero-order valence-electron chi connectivity index (χ0n) is 18.3. The minimum absolute atomic E-state index is 0.00958. The molecule has 0 saturated heterocycles. The van der Waals surface area contributed by atoms with Gasteiger partial charge in [-0.3, -0.25) is 9.59 Å². The Morgan fingerprint density at radius 2 is 1.88 bits per heavy atom. The summed E-state index contributed by atoms with van der Waals surface area (Å²) in [7, 11) is 1.74. The van der Waals surface area contributed by atoms with Crippen molar-refractivity contribution in [1.82, 2.24) is 15.2 Å². The van der Waals surface area contributed by atoms with Gasteiger partial charge in [0.2, 0.25) is 11.8 Å². The summed E-state index contributed by atoms with van der Waals surface area (Å²) in [6.07, 6.45) is -2.30. The highest BCUT2D eigenvalue weighted by Gasteiger charge is 2.34. The van der Waals surface area contributed by atoms with Gasteiger partial charge in [0.25, 0.3) is 5.91 Å². The van der Waals surface area contributed by atoms with Crippen LogP contribution in [0.25, 0.3) is 22.6 Å². The lowest BCUT2D eigenvalue weighted by Crippen LogP contribution is -2.36. The number of nitrogens with one attached hydrogen (secondary N) is 1. The van der Waals surface area contributed by atoms with Crippen molar-refractivity contribution in [2.75, 3.05) is 13.6 Å². The van der Waals surface area contributed by atoms with Crippen molar-refractivity contribution < 1.29 is 27.2 Å². The van der Waals surface area contributed by atoms with E-state index in [0.717, 1.165) is 25.0 Å². The minimum atomic E-state index is -4.46. The molecule has 1 aliphatic carbocycles. The first kappa shape index (κ1) is 22.8. The number of rotatable bonds is 5. The van der Waals surface area contributed by atoms with Crippen molar-refractivity contribution in [3.05, 3.63) is 53.6 Å². The summed E-state index contributed by atoms with van der Waals surface area (Å²) < 4.78 is 44.4. The number of halogens is 3. The Kier molecular flexibility index (Phi) is 6.14. The number of aromatic nitrogens is 1. The van der Waals surface area contributed by atoms with E-state index in [1.807, 2.05) is 6.92 Å². The standard InChI is InChI=1S/C24H24F3N3O3/c1-3-28-21(31)16-8-10-18(12-16)30(2)23(32)15-6-4-14(5-7-15)22-29-19-13-17(24(25,26)27)9-11-20(19)33-22/h4-7,9,11,13,16,18H,3,8,10,12H2,1-2H3,(H,28,31). The number of fused-ring (bicyclic) bond motifs is 1. The van der Waals surface area contributed by atoms with Crippen LogP contribution in [0.3, 0.4) is 0 Å². The summed E-state index contributed by atoms with van der Waals surface area (Å²) in [5.74, 6) is -0.0248. The molecule has 0 aliphatic heterocycles. The third kappa shape index (κ3) is 4.72. The van der Waals surface area contributed by atoms with Gasteiger partial charge in [-0.05, 0) is 68.7 Å². The SMILES string of the molecule is CCNC(=O)C1CCC(N(C)C(=O)c2ccc(-c3nc4cc(C(F)(F)F)ccc4o3)cc2)C1. The van der Waals surface area contributed by atoms with Crippen molar-refractivity contribution in [1.29, 1.82) is 0 Å². The predicted molar refractivity (Wildman–Crippen MR) is 116 cm³/mol. The number of nitrogens with zero attached hydrogens (tertiary/aromatic N) is 2. The minimum Gasteiger partial charge on any atom is -0.436 e. The number of carbonyl (C=O) groups excluding carboxylic acids is 2. The average Bonchev–Trinajstić information content (AvgIpc) is 3.45. The van der Waals surface area contributed by atoms with E-state index in [2.05, 4.69) is 10.3 Å². The fourth-order valence-electron chi connectivity index (χ4n) is 4.22. The predicted octanol–water partition coefficient (Wildman–Crippen LogP) is 4.89. The molecule has 2 aromatic carbocycles. The summed E-state index contributed by atoms with van der Waals surface area (Å²) in [4.78, 5) is 30.8. The van der Waals surface area contributed by atoms with Gasteiger partial charge in [-0.25, -0.2) is 4.98 Å². The second kappa shape index (κ2) is 8.88. The molecule has 33 heavy (non-hydrogen) atoms. The Labute approximate surface area is 188 Å². The topological polar surface area (TPSA) is 75.4 Å². The van der Waals surface area contributed by atoms with Crippen molar-refractivity contribution >= 4 is 22.9 Å². The van der Waals surface area contributed by atoms with Crippen LogP contribution >= 0.6 is 0 Å². The summed E-state index contributed by atoms with van der Waals surface area (Å²) in [5.41, 5.74) is 0.595. The average molecular weight is 459 g/mol. The van der Waals surface area contributed by atoms with Crippen molar-refractivity contribution in [2.45, 2.75) is 38.4 Å². The maximum absolute atomic E-state index is 12.9. The maximum atomic E-state index is 12.9. The monoisotopic (exact) mass is 459 g/mol. The first-order valence-electron chi connectivity index (χ1n) is 10.8. The second-order valence-corrected chi connectivity index (χ2v) is 8.25. The van der Waals surface area contributed by atoms with E-state index >= 15 is 0 Å². The van der Waals surface area contributed by atoms with Crippen molar-refractivity contribution in [3.63, 3.8) is 0 Å². The molecule has 4 rings (SSSR count). The zero-order valence-corrected chi connectivity index (χ0v) is 18.3. The molecule has 174 valence electrons. The number of amides is 2. The molecule has 3 aromatic rings. The number of carbonyl (C=O) groups is 2. The highest BCUT2D eigenvalue weighted by atomic mass is 19.4. The molecule has 6 nitrogen and oxygen atoms in total. The van der Waals surface area contributed by atoms with E-state index in [-0.39, 0.29) is 40.8 Å². The molecule has 1 aliphatic rings. The Morgan fingerprint density at radius 3 is 2.55 bits per heavy atom. The highest BCUT2D eigenvalue weighted by Crippen LogP contribution is 2.33. The van der Waals surface area contributed by atoms with Crippen LogP contribution in [0, 0.1) is 5.92 Å². The Bertz CT molecular complexity index is 1170. The summed E-state index contributed by atoms with van der Waals surface area (Å²) in [6.45, 7) is 2.47. The number of oxazole rings is 1. The van der Waals surface area contributed by atoms with Crippen LogP contribution in [0.4, 0.5) is 13.2 Å². The second-order valence-electron chi connectivity index (χ2n) is 8.25. The molecule has 9 heteroatoms. The van der Waals surface area contributed by atoms with Crippen LogP contribution in [0.1, 0.15) is 42.1 Å². The number of benzene rings is 2. The molecule has 1 saturated carbocycles. The lowest BCUT2D eigenvalue weighted by atomic mass is 10.1.